The minimum atomic E-state index is 0.861. The van der Waals surface area contributed by atoms with Crippen molar-refractivity contribution in [2.75, 3.05) is 5.32 Å². The maximum Gasteiger partial charge on any atom is 0.0415 e. The van der Waals surface area contributed by atoms with Gasteiger partial charge in [-0.05, 0) is 53.1 Å². The standard InChI is InChI=1S/C16H14BrNS/c1-11-6-13(17)8-14(7-11)18-9-12-10-19-16-5-3-2-4-15(12)16/h2-8,10,18H,9H2,1H3. The van der Waals surface area contributed by atoms with Crippen LogP contribution in [0.4, 0.5) is 5.69 Å². The zero-order valence-electron chi connectivity index (χ0n) is 10.6. The van der Waals surface area contributed by atoms with Gasteiger partial charge < -0.3 is 5.32 Å². The monoisotopic (exact) mass is 331 g/mol. The Morgan fingerprint density at radius 3 is 2.84 bits per heavy atom. The molecule has 1 N–H and O–H groups in total. The van der Waals surface area contributed by atoms with Gasteiger partial charge in [-0.25, -0.2) is 0 Å². The molecule has 0 aliphatic carbocycles. The van der Waals surface area contributed by atoms with Gasteiger partial charge in [-0.1, -0.05) is 34.1 Å². The Balaban J connectivity index is 1.82. The Morgan fingerprint density at radius 1 is 1.16 bits per heavy atom. The Kier molecular flexibility index (Phi) is 3.58. The van der Waals surface area contributed by atoms with Crippen LogP contribution in [0.15, 0.2) is 52.3 Å². The van der Waals surface area contributed by atoms with Crippen LogP contribution in [0, 0.1) is 6.92 Å². The van der Waals surface area contributed by atoms with Crippen LogP contribution in [-0.2, 0) is 6.54 Å². The molecule has 0 radical (unpaired) electrons. The summed E-state index contributed by atoms with van der Waals surface area (Å²) in [5, 5.41) is 7.09. The summed E-state index contributed by atoms with van der Waals surface area (Å²) in [5.74, 6) is 0. The first kappa shape index (κ1) is 12.7. The number of thiophene rings is 1. The molecule has 0 aliphatic rings. The quantitative estimate of drug-likeness (QED) is 0.660. The van der Waals surface area contributed by atoms with Crippen LogP contribution in [0.25, 0.3) is 10.1 Å². The molecule has 0 atom stereocenters. The van der Waals surface area contributed by atoms with Crippen LogP contribution < -0.4 is 5.32 Å². The number of nitrogens with one attached hydrogen (secondary N) is 1. The zero-order valence-corrected chi connectivity index (χ0v) is 13.0. The van der Waals surface area contributed by atoms with Crippen molar-refractivity contribution in [2.45, 2.75) is 13.5 Å². The minimum Gasteiger partial charge on any atom is -0.381 e. The van der Waals surface area contributed by atoms with Crippen LogP contribution >= 0.6 is 27.3 Å². The molecule has 0 unspecified atom stereocenters. The summed E-state index contributed by atoms with van der Waals surface area (Å²) in [7, 11) is 0. The third-order valence-electron chi connectivity index (χ3n) is 3.09. The van der Waals surface area contributed by atoms with Crippen molar-refractivity contribution in [1.29, 1.82) is 0 Å². The molecule has 0 spiro atoms. The molecule has 1 nitrogen and oxygen atoms in total. The maximum absolute atomic E-state index is 3.53. The molecule has 0 aliphatic heterocycles. The lowest BCUT2D eigenvalue weighted by molar-refractivity contribution is 1.17. The van der Waals surface area contributed by atoms with Crippen molar-refractivity contribution >= 4 is 43.0 Å². The smallest absolute Gasteiger partial charge is 0.0415 e. The molecule has 0 fully saturated rings. The lowest BCUT2D eigenvalue weighted by Gasteiger charge is -2.07. The van der Waals surface area contributed by atoms with Crippen molar-refractivity contribution in [3.8, 4) is 0 Å². The number of rotatable bonds is 3. The molecule has 3 aromatic rings. The van der Waals surface area contributed by atoms with Crippen molar-refractivity contribution in [2.24, 2.45) is 0 Å². The molecule has 0 amide bonds. The second-order valence-corrected chi connectivity index (χ2v) is 6.45. The third-order valence-corrected chi connectivity index (χ3v) is 4.56. The van der Waals surface area contributed by atoms with Gasteiger partial charge in [0.15, 0.2) is 0 Å². The van der Waals surface area contributed by atoms with E-state index in [2.05, 4.69) is 76.0 Å². The number of fused-ring (bicyclic) bond motifs is 1. The van der Waals surface area contributed by atoms with Crippen molar-refractivity contribution in [3.05, 3.63) is 63.4 Å². The summed E-state index contributed by atoms with van der Waals surface area (Å²) < 4.78 is 2.47. The number of benzene rings is 2. The molecular formula is C16H14BrNS. The molecule has 2 aromatic carbocycles. The molecule has 0 saturated carbocycles. The van der Waals surface area contributed by atoms with Gasteiger partial charge in [0.1, 0.15) is 0 Å². The Morgan fingerprint density at radius 2 is 2.00 bits per heavy atom. The summed E-state index contributed by atoms with van der Waals surface area (Å²) in [6.45, 7) is 2.97. The molecule has 3 rings (SSSR count). The molecule has 3 heteroatoms. The molecule has 96 valence electrons. The van der Waals surface area contributed by atoms with E-state index in [9.17, 15) is 0 Å². The van der Waals surface area contributed by atoms with Crippen LogP contribution in [0.2, 0.25) is 0 Å². The normalized spacial score (nSPS) is 10.8. The van der Waals surface area contributed by atoms with Gasteiger partial charge >= 0.3 is 0 Å². The molecule has 19 heavy (non-hydrogen) atoms. The largest absolute Gasteiger partial charge is 0.381 e. The fourth-order valence-electron chi connectivity index (χ4n) is 2.21. The SMILES string of the molecule is Cc1cc(Br)cc(NCc2csc3ccccc23)c1. The van der Waals surface area contributed by atoms with Crippen LogP contribution in [0.5, 0.6) is 0 Å². The van der Waals surface area contributed by atoms with E-state index in [0.717, 1.165) is 16.7 Å². The summed E-state index contributed by atoms with van der Waals surface area (Å²) in [4.78, 5) is 0. The van der Waals surface area contributed by atoms with Crippen LogP contribution in [-0.4, -0.2) is 0 Å². The number of hydrogen-bond acceptors (Lipinski definition) is 2. The van der Waals surface area contributed by atoms with Crippen molar-refractivity contribution < 1.29 is 0 Å². The Hall–Kier alpha value is -1.32. The zero-order chi connectivity index (χ0) is 13.2. The van der Waals surface area contributed by atoms with Gasteiger partial charge in [0, 0.05) is 21.4 Å². The second-order valence-electron chi connectivity index (χ2n) is 4.63. The first-order valence-electron chi connectivity index (χ1n) is 6.18. The first-order chi connectivity index (χ1) is 9.22. The lowest BCUT2D eigenvalue weighted by Crippen LogP contribution is -1.98. The first-order valence-corrected chi connectivity index (χ1v) is 7.86. The summed E-state index contributed by atoms with van der Waals surface area (Å²) in [6.07, 6.45) is 0. The highest BCUT2D eigenvalue weighted by Crippen LogP contribution is 2.27. The Labute approximate surface area is 125 Å². The van der Waals surface area contributed by atoms with Gasteiger partial charge in [-0.2, -0.15) is 0 Å². The van der Waals surface area contributed by atoms with Crippen LogP contribution in [0.3, 0.4) is 0 Å². The maximum atomic E-state index is 3.53. The molecule has 1 heterocycles. The predicted molar refractivity (Wildman–Crippen MR) is 88.0 cm³/mol. The molecule has 1 aromatic heterocycles. The average molecular weight is 332 g/mol. The van der Waals surface area contributed by atoms with E-state index in [1.165, 1.54) is 21.2 Å². The van der Waals surface area contributed by atoms with Crippen molar-refractivity contribution in [1.82, 2.24) is 0 Å². The van der Waals surface area contributed by atoms with Gasteiger partial charge in [-0.3, -0.25) is 0 Å². The molecule has 0 saturated heterocycles. The third kappa shape index (κ3) is 2.82. The van der Waals surface area contributed by atoms with E-state index in [0.29, 0.717) is 0 Å². The van der Waals surface area contributed by atoms with Gasteiger partial charge in [0.2, 0.25) is 0 Å². The predicted octanol–water partition coefficient (Wildman–Crippen LogP) is 5.58. The summed E-state index contributed by atoms with van der Waals surface area (Å²) in [5.41, 5.74) is 3.77. The highest BCUT2D eigenvalue weighted by atomic mass is 79.9. The van der Waals surface area contributed by atoms with E-state index >= 15 is 0 Å². The molecule has 0 bridgehead atoms. The number of aryl methyl sites for hydroxylation is 1. The number of halogens is 1. The van der Waals surface area contributed by atoms with Gasteiger partial charge in [0.05, 0.1) is 0 Å². The van der Waals surface area contributed by atoms with Gasteiger partial charge in [-0.15, -0.1) is 11.3 Å². The molecular weight excluding hydrogens is 318 g/mol. The number of anilines is 1. The average Bonchev–Trinajstić information content (AvgIpc) is 2.78. The van der Waals surface area contributed by atoms with E-state index in [1.807, 2.05) is 0 Å². The lowest BCUT2D eigenvalue weighted by atomic mass is 10.1. The second kappa shape index (κ2) is 5.35. The van der Waals surface area contributed by atoms with E-state index in [1.54, 1.807) is 11.3 Å². The van der Waals surface area contributed by atoms with Gasteiger partial charge in [0.25, 0.3) is 0 Å². The topological polar surface area (TPSA) is 12.0 Å². The highest BCUT2D eigenvalue weighted by Gasteiger charge is 2.03. The fraction of sp³-hybridized carbons (Fsp3) is 0.125. The van der Waals surface area contributed by atoms with E-state index in [4.69, 9.17) is 0 Å². The minimum absolute atomic E-state index is 0.861. The van der Waals surface area contributed by atoms with E-state index in [-0.39, 0.29) is 0 Å². The van der Waals surface area contributed by atoms with E-state index < -0.39 is 0 Å². The highest BCUT2D eigenvalue weighted by molar-refractivity contribution is 9.10. The van der Waals surface area contributed by atoms with Crippen molar-refractivity contribution in [3.63, 3.8) is 0 Å². The summed E-state index contributed by atoms with van der Waals surface area (Å²) in [6, 6.07) is 14.9. The number of hydrogen-bond donors (Lipinski definition) is 1. The Bertz CT molecular complexity index is 697. The summed E-state index contributed by atoms with van der Waals surface area (Å²) >= 11 is 5.34. The fourth-order valence-corrected chi connectivity index (χ4v) is 3.78. The van der Waals surface area contributed by atoms with Crippen LogP contribution in [0.1, 0.15) is 11.1 Å².